The number of hydrogen-bond acceptors (Lipinski definition) is 20. The van der Waals surface area contributed by atoms with E-state index in [1.807, 2.05) is 10.6 Å². The molecule has 13 atom stereocenters. The Bertz CT molecular complexity index is 2450. The van der Waals surface area contributed by atoms with Crippen molar-refractivity contribution < 1.29 is 103 Å². The normalized spacial score (nSPS) is 15.6. The van der Waals surface area contributed by atoms with Gasteiger partial charge in [-0.2, -0.15) is 0 Å². The van der Waals surface area contributed by atoms with Gasteiger partial charge in [0.2, 0.25) is 70.9 Å². The van der Waals surface area contributed by atoms with Crippen LogP contribution in [0, 0.1) is 17.8 Å². The average Bonchev–Trinajstić information content (AvgIpc) is 3.25. The molecule has 0 aromatic heterocycles. The SMILES string of the molecule is CC(C)C[C@H](NC(=O)[C@H](CC(=O)O)NC(=O)[C@H](CO)NC(=O)[C@@H](NC(=O)[C@H](CCC(=O)O)NC(=O)[C@@H](NC(=O)[C@H](CC(C)C)NC(=O)[C@H](CC(C)C)NC(=O)[C@H](CCC(N)=O)NC(=O)[C@H](CCC(N)=O)NC(=O)[C@@H](N)CCCCN)[C@@H](C)O)[C@@H](C)O)C(=O)O. The van der Waals surface area contributed by atoms with E-state index in [0.29, 0.717) is 19.4 Å². The number of carboxylic acids is 3. The first-order chi connectivity index (χ1) is 41.3. The Morgan fingerprint density at radius 2 is 0.685 bits per heavy atom. The number of hydrogen-bond donors (Lipinski definition) is 20. The molecule has 35 heteroatoms. The zero-order valence-corrected chi connectivity index (χ0v) is 51.5. The largest absolute Gasteiger partial charge is 0.481 e. The minimum Gasteiger partial charge on any atom is -0.481 e. The first-order valence-electron chi connectivity index (χ1n) is 29.0. The van der Waals surface area contributed by atoms with Gasteiger partial charge in [-0.1, -0.05) is 48.0 Å². The highest BCUT2D eigenvalue weighted by Gasteiger charge is 2.39. The second-order valence-corrected chi connectivity index (χ2v) is 22.8. The van der Waals surface area contributed by atoms with E-state index in [2.05, 4.69) is 42.5 Å². The van der Waals surface area contributed by atoms with Gasteiger partial charge >= 0.3 is 17.9 Å². The fourth-order valence-corrected chi connectivity index (χ4v) is 8.45. The van der Waals surface area contributed by atoms with Crippen LogP contribution >= 0.6 is 0 Å². The van der Waals surface area contributed by atoms with Crippen molar-refractivity contribution in [1.82, 2.24) is 53.2 Å². The summed E-state index contributed by atoms with van der Waals surface area (Å²) in [6.45, 7) is 11.1. The Morgan fingerprint density at radius 3 is 1.06 bits per heavy atom. The number of aliphatic carboxylic acids is 3. The second kappa shape index (κ2) is 41.1. The molecule has 12 amide bonds. The van der Waals surface area contributed by atoms with Crippen LogP contribution < -0.4 is 76.1 Å². The van der Waals surface area contributed by atoms with Crippen molar-refractivity contribution in [3.05, 3.63) is 0 Å². The van der Waals surface area contributed by atoms with Crippen LogP contribution in [0.3, 0.4) is 0 Å². The predicted octanol–water partition coefficient (Wildman–Crippen LogP) is -6.86. The minimum absolute atomic E-state index is 0.0927. The molecule has 0 saturated heterocycles. The lowest BCUT2D eigenvalue weighted by Crippen LogP contribution is -2.63. The number of carboxylic acid groups (broad SMARTS) is 3. The third-order valence-electron chi connectivity index (χ3n) is 13.2. The summed E-state index contributed by atoms with van der Waals surface area (Å²) in [7, 11) is 0. The summed E-state index contributed by atoms with van der Waals surface area (Å²) in [4.78, 5) is 196. The summed E-state index contributed by atoms with van der Waals surface area (Å²) in [5.41, 5.74) is 22.2. The Kier molecular flexibility index (Phi) is 37.4. The monoisotopic (exact) mass is 1270 g/mol. The molecule has 24 N–H and O–H groups in total. The molecular weight excluding hydrogens is 1180 g/mol. The minimum atomic E-state index is -2.08. The van der Waals surface area contributed by atoms with Crippen LogP contribution in [0.4, 0.5) is 0 Å². The Hall–Kier alpha value is -8.15. The van der Waals surface area contributed by atoms with Gasteiger partial charge in [0.25, 0.3) is 0 Å². The van der Waals surface area contributed by atoms with Crippen molar-refractivity contribution in [2.45, 2.75) is 218 Å². The lowest BCUT2D eigenvalue weighted by atomic mass is 9.99. The lowest BCUT2D eigenvalue weighted by Gasteiger charge is -2.30. The van der Waals surface area contributed by atoms with Crippen LogP contribution in [-0.4, -0.2) is 211 Å². The summed E-state index contributed by atoms with van der Waals surface area (Å²) < 4.78 is 0. The molecule has 0 heterocycles. The van der Waals surface area contributed by atoms with E-state index in [1.165, 1.54) is 0 Å². The number of rotatable bonds is 45. The molecule has 0 spiro atoms. The molecule has 0 aliphatic carbocycles. The van der Waals surface area contributed by atoms with Gasteiger partial charge in [-0.05, 0) is 89.5 Å². The van der Waals surface area contributed by atoms with Crippen LogP contribution in [-0.2, 0) is 71.9 Å². The zero-order chi connectivity index (χ0) is 68.6. The van der Waals surface area contributed by atoms with Crippen molar-refractivity contribution >= 4 is 88.8 Å². The summed E-state index contributed by atoms with van der Waals surface area (Å²) in [6.07, 6.45) is -7.11. The number of nitrogens with two attached hydrogens (primary N) is 4. The molecule has 0 aromatic carbocycles. The van der Waals surface area contributed by atoms with Crippen molar-refractivity contribution in [2.75, 3.05) is 13.2 Å². The molecule has 0 fully saturated rings. The van der Waals surface area contributed by atoms with Gasteiger partial charge in [0.1, 0.15) is 60.4 Å². The molecule has 0 saturated carbocycles. The molecule has 0 aliphatic heterocycles. The maximum absolute atomic E-state index is 14.2. The number of unbranched alkanes of at least 4 members (excludes halogenated alkanes) is 1. The van der Waals surface area contributed by atoms with Gasteiger partial charge in [0.15, 0.2) is 0 Å². The topological polar surface area (TPSA) is 602 Å². The summed E-state index contributed by atoms with van der Waals surface area (Å²) in [6, 6.07) is -18.7. The first kappa shape index (κ1) is 80.8. The fraction of sp³-hybridized carbons (Fsp3) is 0.722. The third kappa shape index (κ3) is 32.6. The highest BCUT2D eigenvalue weighted by Crippen LogP contribution is 2.13. The predicted molar refractivity (Wildman–Crippen MR) is 313 cm³/mol. The summed E-state index contributed by atoms with van der Waals surface area (Å²) in [5, 5.41) is 82.7. The average molecular weight is 1280 g/mol. The maximum atomic E-state index is 14.2. The van der Waals surface area contributed by atoms with Crippen LogP contribution in [0.1, 0.15) is 139 Å². The molecule has 0 aromatic rings. The Morgan fingerprint density at radius 1 is 0.371 bits per heavy atom. The van der Waals surface area contributed by atoms with E-state index < -0.39 is 219 Å². The quantitative estimate of drug-likeness (QED) is 0.0252. The van der Waals surface area contributed by atoms with Gasteiger partial charge in [0.05, 0.1) is 31.3 Å². The standard InChI is InChI=1S/C54H94N14O21/c1-24(2)19-33(62-46(80)31(13-16-39(58)73)60-45(79)30(12-15-38(57)72)59-44(78)29(56)11-9-10-18-55)48(82)63-34(20-25(3)4)50(84)68-42(27(7)70)52(86)61-32(14-17-40(74)75)47(81)67-43(28(8)71)53(87)66-37(23-69)51(85)64-35(22-41(76)77)49(83)65-36(54(88)89)21-26(5)6/h24-37,42-43,69-71H,9-23,55-56H2,1-8H3,(H2,57,72)(H2,58,73)(H,59,78)(H,60,79)(H,61,86)(H,62,80)(H,63,82)(H,64,85)(H,65,83)(H,66,87)(H,67,81)(H,68,84)(H,74,75)(H,76,77)(H,88,89)/t27-,28-,29+,30+,31+,32+,33+,34+,35+,36+,37+,42+,43+/m1/s1. The Labute approximate surface area is 514 Å². The molecule has 35 nitrogen and oxygen atoms in total. The number of amides is 12. The first-order valence-corrected chi connectivity index (χ1v) is 29.0. The maximum Gasteiger partial charge on any atom is 0.326 e. The van der Waals surface area contributed by atoms with Gasteiger partial charge in [0, 0.05) is 19.3 Å². The zero-order valence-electron chi connectivity index (χ0n) is 51.5. The van der Waals surface area contributed by atoms with Gasteiger partial charge in [-0.15, -0.1) is 0 Å². The number of carbonyl (C=O) groups excluding carboxylic acids is 12. The third-order valence-corrected chi connectivity index (χ3v) is 13.2. The molecular formula is C54H94N14O21. The van der Waals surface area contributed by atoms with E-state index in [-0.39, 0.29) is 43.9 Å². The highest BCUT2D eigenvalue weighted by molar-refractivity contribution is 6.00. The van der Waals surface area contributed by atoms with Gasteiger partial charge in [-0.25, -0.2) is 4.79 Å². The number of primary amides is 2. The molecule has 0 bridgehead atoms. The van der Waals surface area contributed by atoms with E-state index in [4.69, 9.17) is 22.9 Å². The number of aliphatic hydroxyl groups is 3. The molecule has 0 rings (SSSR count). The van der Waals surface area contributed by atoms with Crippen molar-refractivity contribution in [3.8, 4) is 0 Å². The van der Waals surface area contributed by atoms with Crippen molar-refractivity contribution in [3.63, 3.8) is 0 Å². The smallest absolute Gasteiger partial charge is 0.326 e. The van der Waals surface area contributed by atoms with Crippen molar-refractivity contribution in [1.29, 1.82) is 0 Å². The summed E-state index contributed by atoms with van der Waals surface area (Å²) >= 11 is 0. The number of nitrogens with one attached hydrogen (secondary N) is 10. The lowest BCUT2D eigenvalue weighted by molar-refractivity contribution is -0.144. The van der Waals surface area contributed by atoms with Gasteiger partial charge < -0.3 is 107 Å². The van der Waals surface area contributed by atoms with Crippen LogP contribution in [0.2, 0.25) is 0 Å². The molecule has 89 heavy (non-hydrogen) atoms. The second-order valence-electron chi connectivity index (χ2n) is 22.8. The summed E-state index contributed by atoms with van der Waals surface area (Å²) in [5.74, 6) is -19.0. The van der Waals surface area contributed by atoms with E-state index in [0.717, 1.165) is 13.8 Å². The molecule has 0 unspecified atom stereocenters. The van der Waals surface area contributed by atoms with Crippen LogP contribution in [0.25, 0.3) is 0 Å². The van der Waals surface area contributed by atoms with E-state index >= 15 is 0 Å². The van der Waals surface area contributed by atoms with E-state index in [9.17, 15) is 103 Å². The van der Waals surface area contributed by atoms with E-state index in [1.54, 1.807) is 41.5 Å². The molecule has 506 valence electrons. The Balaban J connectivity index is 6.79. The number of carbonyl (C=O) groups is 15. The van der Waals surface area contributed by atoms with Crippen LogP contribution in [0.5, 0.6) is 0 Å². The number of aliphatic hydroxyl groups excluding tert-OH is 3. The molecule has 0 aliphatic rings. The highest BCUT2D eigenvalue weighted by atomic mass is 16.4. The fourth-order valence-electron chi connectivity index (χ4n) is 8.45. The van der Waals surface area contributed by atoms with Crippen LogP contribution in [0.15, 0.2) is 0 Å². The van der Waals surface area contributed by atoms with Crippen molar-refractivity contribution in [2.24, 2.45) is 40.7 Å². The molecule has 0 radical (unpaired) electrons. The van der Waals surface area contributed by atoms with Gasteiger partial charge in [-0.3, -0.25) is 67.1 Å².